The van der Waals surface area contributed by atoms with Crippen molar-refractivity contribution >= 4 is 17.5 Å². The summed E-state index contributed by atoms with van der Waals surface area (Å²) < 4.78 is 0. The molecular formula is C18H23N3O2. The number of nitriles is 1. The van der Waals surface area contributed by atoms with Gasteiger partial charge in [-0.25, -0.2) is 0 Å². The molecule has 1 fully saturated rings. The number of rotatable bonds is 4. The molecule has 23 heavy (non-hydrogen) atoms. The van der Waals surface area contributed by atoms with Crippen LogP contribution in [0.5, 0.6) is 0 Å². The van der Waals surface area contributed by atoms with Gasteiger partial charge in [0.25, 0.3) is 0 Å². The number of amides is 2. The minimum absolute atomic E-state index is 0.0511. The highest BCUT2D eigenvalue weighted by Gasteiger charge is 2.21. The van der Waals surface area contributed by atoms with E-state index in [1.807, 2.05) is 0 Å². The maximum atomic E-state index is 12.3. The van der Waals surface area contributed by atoms with E-state index >= 15 is 0 Å². The fourth-order valence-corrected chi connectivity index (χ4v) is 3.01. The maximum absolute atomic E-state index is 12.3. The zero-order valence-corrected chi connectivity index (χ0v) is 13.5. The van der Waals surface area contributed by atoms with E-state index in [2.05, 4.69) is 11.4 Å². The lowest BCUT2D eigenvalue weighted by molar-refractivity contribution is -0.123. The monoisotopic (exact) mass is 313 g/mol. The first-order valence-corrected chi connectivity index (χ1v) is 8.18. The highest BCUT2D eigenvalue weighted by molar-refractivity contribution is 5.98. The van der Waals surface area contributed by atoms with Crippen LogP contribution in [0.25, 0.3) is 0 Å². The third-order valence-corrected chi connectivity index (χ3v) is 4.22. The number of benzene rings is 1. The molecule has 0 heterocycles. The molecule has 1 aromatic rings. The summed E-state index contributed by atoms with van der Waals surface area (Å²) in [5.74, 6) is -0.413. The molecule has 2 rings (SSSR count). The number of nitrogens with zero attached hydrogens (tertiary/aromatic N) is 2. The Kier molecular flexibility index (Phi) is 6.16. The fourth-order valence-electron chi connectivity index (χ4n) is 3.01. The van der Waals surface area contributed by atoms with Crippen LogP contribution in [0.1, 0.15) is 51.0 Å². The lowest BCUT2D eigenvalue weighted by Gasteiger charge is -2.23. The highest BCUT2D eigenvalue weighted by Crippen LogP contribution is 2.20. The van der Waals surface area contributed by atoms with Crippen molar-refractivity contribution in [2.24, 2.45) is 0 Å². The Morgan fingerprint density at radius 1 is 1.22 bits per heavy atom. The summed E-state index contributed by atoms with van der Waals surface area (Å²) in [6.07, 6.45) is 6.72. The second-order valence-electron chi connectivity index (χ2n) is 5.99. The average Bonchev–Trinajstić information content (AvgIpc) is 2.81. The van der Waals surface area contributed by atoms with Gasteiger partial charge in [-0.05, 0) is 25.0 Å². The first-order valence-electron chi connectivity index (χ1n) is 8.18. The van der Waals surface area contributed by atoms with Gasteiger partial charge in [0.1, 0.15) is 12.6 Å². The van der Waals surface area contributed by atoms with Crippen LogP contribution in [0.4, 0.5) is 5.69 Å². The Morgan fingerprint density at radius 2 is 1.87 bits per heavy atom. The number of hydrogen-bond donors (Lipinski definition) is 1. The van der Waals surface area contributed by atoms with Crippen LogP contribution < -0.4 is 10.2 Å². The largest absolute Gasteiger partial charge is 0.352 e. The summed E-state index contributed by atoms with van der Waals surface area (Å²) in [4.78, 5) is 25.6. The number of carbonyl (C=O) groups excluding carboxylic acids is 2. The Labute approximate surface area is 137 Å². The Bertz CT molecular complexity index is 599. The summed E-state index contributed by atoms with van der Waals surface area (Å²) in [5.41, 5.74) is 0.878. The van der Waals surface area contributed by atoms with Gasteiger partial charge in [0.05, 0.1) is 11.3 Å². The van der Waals surface area contributed by atoms with Gasteiger partial charge < -0.3 is 10.2 Å². The van der Waals surface area contributed by atoms with Gasteiger partial charge in [0, 0.05) is 13.0 Å². The van der Waals surface area contributed by atoms with Gasteiger partial charge >= 0.3 is 0 Å². The minimum Gasteiger partial charge on any atom is -0.352 e. The van der Waals surface area contributed by atoms with E-state index in [-0.39, 0.29) is 24.4 Å². The molecule has 5 heteroatoms. The summed E-state index contributed by atoms with van der Waals surface area (Å²) in [5, 5.41) is 12.2. The zero-order chi connectivity index (χ0) is 16.7. The van der Waals surface area contributed by atoms with Crippen LogP contribution in [0.2, 0.25) is 0 Å². The average molecular weight is 313 g/mol. The first kappa shape index (κ1) is 17.0. The third kappa shape index (κ3) is 4.82. The molecule has 1 saturated carbocycles. The molecule has 0 spiro atoms. The van der Waals surface area contributed by atoms with Crippen molar-refractivity contribution in [1.82, 2.24) is 5.32 Å². The van der Waals surface area contributed by atoms with Gasteiger partial charge in [-0.2, -0.15) is 5.26 Å². The Balaban J connectivity index is 2.06. The van der Waals surface area contributed by atoms with E-state index in [4.69, 9.17) is 0 Å². The molecule has 0 radical (unpaired) electrons. The van der Waals surface area contributed by atoms with Crippen LogP contribution in [0.3, 0.4) is 0 Å². The molecular weight excluding hydrogens is 290 g/mol. The Morgan fingerprint density at radius 3 is 2.48 bits per heavy atom. The predicted octanol–water partition coefficient (Wildman–Crippen LogP) is 2.75. The lowest BCUT2D eigenvalue weighted by atomic mass is 10.1. The molecule has 0 aromatic heterocycles. The van der Waals surface area contributed by atoms with E-state index in [0.29, 0.717) is 11.3 Å². The normalized spacial score (nSPS) is 15.3. The standard InChI is InChI=1S/C18H23N3O2/c1-14(22)21(17-11-7-6-8-15(17)12-19)13-18(23)20-16-9-4-2-3-5-10-16/h6-8,11,16H,2-5,9-10,13H2,1H3,(H,20,23). The van der Waals surface area contributed by atoms with Crippen molar-refractivity contribution in [1.29, 1.82) is 5.26 Å². The van der Waals surface area contributed by atoms with Gasteiger partial charge in [-0.3, -0.25) is 9.59 Å². The molecule has 0 aliphatic heterocycles. The topological polar surface area (TPSA) is 73.2 Å². The van der Waals surface area contributed by atoms with Gasteiger partial charge in [0.2, 0.25) is 11.8 Å². The fraction of sp³-hybridized carbons (Fsp3) is 0.500. The summed E-state index contributed by atoms with van der Waals surface area (Å²) in [6.45, 7) is 1.36. The number of carbonyl (C=O) groups is 2. The minimum atomic E-state index is -0.247. The molecule has 0 bridgehead atoms. The second-order valence-corrected chi connectivity index (χ2v) is 5.99. The van der Waals surface area contributed by atoms with Crippen molar-refractivity contribution in [3.8, 4) is 6.07 Å². The van der Waals surface area contributed by atoms with E-state index in [1.165, 1.54) is 24.7 Å². The van der Waals surface area contributed by atoms with Crippen LogP contribution in [0.15, 0.2) is 24.3 Å². The van der Waals surface area contributed by atoms with Crippen molar-refractivity contribution in [2.75, 3.05) is 11.4 Å². The predicted molar refractivity (Wildman–Crippen MR) is 88.8 cm³/mol. The second kappa shape index (κ2) is 8.33. The van der Waals surface area contributed by atoms with Crippen LogP contribution in [0, 0.1) is 11.3 Å². The van der Waals surface area contributed by atoms with Crippen molar-refractivity contribution < 1.29 is 9.59 Å². The van der Waals surface area contributed by atoms with Gasteiger partial charge in [-0.15, -0.1) is 0 Å². The summed E-state index contributed by atoms with van der Waals surface area (Å²) >= 11 is 0. The summed E-state index contributed by atoms with van der Waals surface area (Å²) in [7, 11) is 0. The molecule has 1 aromatic carbocycles. The van der Waals surface area contributed by atoms with Crippen molar-refractivity contribution in [3.63, 3.8) is 0 Å². The maximum Gasteiger partial charge on any atom is 0.240 e. The molecule has 5 nitrogen and oxygen atoms in total. The van der Waals surface area contributed by atoms with Crippen molar-refractivity contribution in [2.45, 2.75) is 51.5 Å². The summed E-state index contributed by atoms with van der Waals surface area (Å²) in [6, 6.07) is 9.11. The molecule has 122 valence electrons. The molecule has 1 aliphatic rings. The number of anilines is 1. The quantitative estimate of drug-likeness (QED) is 0.869. The zero-order valence-electron chi connectivity index (χ0n) is 13.5. The Hall–Kier alpha value is -2.35. The molecule has 0 saturated heterocycles. The van der Waals surface area contributed by atoms with Crippen LogP contribution in [-0.2, 0) is 9.59 Å². The molecule has 0 unspecified atom stereocenters. The molecule has 2 amide bonds. The molecule has 1 aliphatic carbocycles. The van der Waals surface area contributed by atoms with Crippen LogP contribution in [-0.4, -0.2) is 24.4 Å². The van der Waals surface area contributed by atoms with E-state index in [1.54, 1.807) is 24.3 Å². The first-order chi connectivity index (χ1) is 11.1. The molecule has 1 N–H and O–H groups in total. The number of para-hydroxylation sites is 1. The lowest BCUT2D eigenvalue weighted by Crippen LogP contribution is -2.43. The third-order valence-electron chi connectivity index (χ3n) is 4.22. The van der Waals surface area contributed by atoms with Crippen LogP contribution >= 0.6 is 0 Å². The highest BCUT2D eigenvalue weighted by atomic mass is 16.2. The molecule has 0 atom stereocenters. The smallest absolute Gasteiger partial charge is 0.240 e. The van der Waals surface area contributed by atoms with Gasteiger partial charge in [0.15, 0.2) is 0 Å². The SMILES string of the molecule is CC(=O)N(CC(=O)NC1CCCCCC1)c1ccccc1C#N. The van der Waals surface area contributed by atoms with E-state index < -0.39 is 0 Å². The van der Waals surface area contributed by atoms with E-state index in [9.17, 15) is 14.9 Å². The number of nitrogens with one attached hydrogen (secondary N) is 1. The van der Waals surface area contributed by atoms with Crippen molar-refractivity contribution in [3.05, 3.63) is 29.8 Å². The number of hydrogen-bond acceptors (Lipinski definition) is 3. The van der Waals surface area contributed by atoms with Gasteiger partial charge in [-0.1, -0.05) is 37.8 Å². The van der Waals surface area contributed by atoms with E-state index in [0.717, 1.165) is 25.7 Å².